The molecule has 5 rings (SSSR count). The average molecular weight is 658 g/mol. The highest BCUT2D eigenvalue weighted by molar-refractivity contribution is 6.01. The van der Waals surface area contributed by atoms with Gasteiger partial charge in [-0.2, -0.15) is 26.3 Å². The Morgan fingerprint density at radius 2 is 1.02 bits per heavy atom. The second kappa shape index (κ2) is 13.7. The Labute approximate surface area is 274 Å². The lowest BCUT2D eigenvalue weighted by atomic mass is 9.71. The fraction of sp³-hybridized carbons (Fsp3) is 0.128. The Balaban J connectivity index is 1.83. The predicted molar refractivity (Wildman–Crippen MR) is 176 cm³/mol. The molecule has 0 spiro atoms. The first-order chi connectivity index (χ1) is 22.9. The van der Waals surface area contributed by atoms with Crippen molar-refractivity contribution < 1.29 is 35.8 Å². The van der Waals surface area contributed by atoms with Crippen molar-refractivity contribution >= 4 is 22.7 Å². The first kappa shape index (κ1) is 33.8. The van der Waals surface area contributed by atoms with E-state index >= 15 is 26.3 Å². The normalized spacial score (nSPS) is 11.8. The average Bonchev–Trinajstić information content (AvgIpc) is 3.08. The number of benzene rings is 5. The minimum Gasteiger partial charge on any atom is -0.496 e. The van der Waals surface area contributed by atoms with Crippen LogP contribution in [0.1, 0.15) is 33.4 Å². The largest absolute Gasteiger partial charge is 0.496 e. The molecule has 3 nitrogen and oxygen atoms in total. The molecule has 0 saturated carbocycles. The van der Waals surface area contributed by atoms with Crippen molar-refractivity contribution in [3.63, 3.8) is 0 Å². The van der Waals surface area contributed by atoms with Gasteiger partial charge in [0.1, 0.15) is 11.5 Å². The van der Waals surface area contributed by atoms with Crippen LogP contribution in [-0.4, -0.2) is 32.4 Å². The van der Waals surface area contributed by atoms with Gasteiger partial charge in [-0.25, -0.2) is 4.99 Å². The van der Waals surface area contributed by atoms with Gasteiger partial charge in [-0.3, -0.25) is 0 Å². The molecule has 0 N–H and O–H groups in total. The molecule has 0 aliphatic carbocycles. The fourth-order valence-electron chi connectivity index (χ4n) is 5.60. The van der Waals surface area contributed by atoms with Gasteiger partial charge in [0.05, 0.1) is 25.5 Å². The Morgan fingerprint density at radius 1 is 0.583 bits per heavy atom. The van der Waals surface area contributed by atoms with Crippen LogP contribution in [0.5, 0.6) is 11.5 Å². The second-order valence-electron chi connectivity index (χ2n) is 10.7. The molecular formula is C39H29F6NO2. The van der Waals surface area contributed by atoms with Gasteiger partial charge in [0, 0.05) is 11.1 Å². The maximum Gasteiger partial charge on any atom is 0.411 e. The maximum atomic E-state index is 15.4. The van der Waals surface area contributed by atoms with Crippen LogP contribution in [0.25, 0.3) is 11.1 Å². The number of aliphatic imine (C=N–C) groups is 1. The van der Waals surface area contributed by atoms with E-state index in [4.69, 9.17) is 9.47 Å². The third-order valence-corrected chi connectivity index (χ3v) is 7.95. The molecule has 0 unspecified atom stereocenters. The summed E-state index contributed by atoms with van der Waals surface area (Å²) in [5, 5.41) is 0. The summed E-state index contributed by atoms with van der Waals surface area (Å²) >= 11 is 0. The summed E-state index contributed by atoms with van der Waals surface area (Å²) in [6, 6.07) is 30.9. The highest BCUT2D eigenvalue weighted by Gasteiger charge is 2.72. The lowest BCUT2D eigenvalue weighted by Crippen LogP contribution is -2.54. The first-order valence-corrected chi connectivity index (χ1v) is 14.6. The molecule has 0 saturated heterocycles. The molecule has 0 fully saturated rings. The Morgan fingerprint density at radius 3 is 1.50 bits per heavy atom. The van der Waals surface area contributed by atoms with E-state index in [1.54, 1.807) is 91.0 Å². The molecule has 0 aliphatic rings. The Bertz CT molecular complexity index is 1950. The molecule has 5 aromatic rings. The fourth-order valence-corrected chi connectivity index (χ4v) is 5.60. The highest BCUT2D eigenvalue weighted by atomic mass is 19.4. The van der Waals surface area contributed by atoms with Gasteiger partial charge >= 0.3 is 12.4 Å². The topological polar surface area (TPSA) is 30.8 Å². The van der Waals surface area contributed by atoms with E-state index in [9.17, 15) is 0 Å². The molecule has 0 atom stereocenters. The third kappa shape index (κ3) is 6.37. The zero-order chi connectivity index (χ0) is 34.5. The number of halogens is 6. The maximum absolute atomic E-state index is 15.4. The summed E-state index contributed by atoms with van der Waals surface area (Å²) < 4.78 is 104. The van der Waals surface area contributed by atoms with Crippen LogP contribution >= 0.6 is 0 Å². The highest BCUT2D eigenvalue weighted by Crippen LogP contribution is 2.57. The quantitative estimate of drug-likeness (QED) is 0.117. The monoisotopic (exact) mass is 657 g/mol. The van der Waals surface area contributed by atoms with Gasteiger partial charge in [-0.05, 0) is 70.1 Å². The van der Waals surface area contributed by atoms with E-state index in [0.717, 1.165) is 36.4 Å². The standard InChI is InChI=1S/C39H29F6NO2/c1-26(27-13-7-4-8-14-27)32-23-29(19-21-35(32)47-2)37(38(40,41)42,39(43,44)45)30-20-22-36(48-3)33(24-30)34(28-15-9-5-10-16-28)25-46-31-17-11-6-12-18-31/h4-24H,1H2,2-3H3. The summed E-state index contributed by atoms with van der Waals surface area (Å²) in [6.07, 6.45) is -11.7. The van der Waals surface area contributed by atoms with Gasteiger partial charge < -0.3 is 9.47 Å². The van der Waals surface area contributed by atoms with E-state index in [0.29, 0.717) is 16.8 Å². The number of methoxy groups -OCH3 is 2. The Hall–Kier alpha value is -5.53. The zero-order valence-electron chi connectivity index (χ0n) is 25.9. The summed E-state index contributed by atoms with van der Waals surface area (Å²) in [5.74, 6) is 2.96. The van der Waals surface area contributed by atoms with Crippen molar-refractivity contribution in [3.8, 4) is 11.5 Å². The zero-order valence-corrected chi connectivity index (χ0v) is 25.9. The smallest absolute Gasteiger partial charge is 0.411 e. The molecule has 0 radical (unpaired) electrons. The van der Waals surface area contributed by atoms with Crippen molar-refractivity contribution in [3.05, 3.63) is 167 Å². The van der Waals surface area contributed by atoms with Crippen LogP contribution in [0.15, 0.2) is 139 Å². The molecular weight excluding hydrogens is 628 g/mol. The minimum absolute atomic E-state index is 0.0207. The molecule has 9 heteroatoms. The summed E-state index contributed by atoms with van der Waals surface area (Å²) in [7, 11) is 2.56. The lowest BCUT2D eigenvalue weighted by Gasteiger charge is -2.39. The molecule has 244 valence electrons. The molecule has 5 aromatic carbocycles. The molecule has 0 bridgehead atoms. The Kier molecular flexibility index (Phi) is 9.64. The van der Waals surface area contributed by atoms with Crippen LogP contribution in [0.4, 0.5) is 32.0 Å². The minimum atomic E-state index is -5.86. The number of para-hydroxylation sites is 1. The summed E-state index contributed by atoms with van der Waals surface area (Å²) in [6.45, 7) is 3.98. The third-order valence-electron chi connectivity index (χ3n) is 7.95. The SMILES string of the molecule is C=C(c1ccccc1)c1cc(C(c2ccc(OC)c(C(=C=Nc3ccccc3)c3ccccc3)c2)(C(F)(F)F)C(F)(F)F)ccc1OC. The van der Waals surface area contributed by atoms with E-state index in [1.807, 2.05) is 0 Å². The van der Waals surface area contributed by atoms with E-state index in [1.165, 1.54) is 14.2 Å². The van der Waals surface area contributed by atoms with Crippen LogP contribution in [0.3, 0.4) is 0 Å². The summed E-state index contributed by atoms with van der Waals surface area (Å²) in [5.41, 5.74) is -4.96. The van der Waals surface area contributed by atoms with E-state index in [2.05, 4.69) is 17.4 Å². The van der Waals surface area contributed by atoms with Crippen LogP contribution in [0.2, 0.25) is 0 Å². The number of hydrogen-bond acceptors (Lipinski definition) is 3. The number of nitrogens with zero attached hydrogens (tertiary/aromatic N) is 1. The van der Waals surface area contributed by atoms with Crippen molar-refractivity contribution in [1.29, 1.82) is 0 Å². The number of ether oxygens (including phenoxy) is 2. The molecule has 48 heavy (non-hydrogen) atoms. The molecule has 0 heterocycles. The number of hydrogen-bond donors (Lipinski definition) is 0. The van der Waals surface area contributed by atoms with Crippen molar-refractivity contribution in [2.45, 2.75) is 17.8 Å². The van der Waals surface area contributed by atoms with Crippen molar-refractivity contribution in [2.24, 2.45) is 4.99 Å². The molecule has 0 amide bonds. The predicted octanol–water partition coefficient (Wildman–Crippen LogP) is 10.6. The van der Waals surface area contributed by atoms with Gasteiger partial charge in [-0.15, -0.1) is 0 Å². The number of rotatable bonds is 9. The van der Waals surface area contributed by atoms with Gasteiger partial charge in [0.2, 0.25) is 5.41 Å². The number of alkyl halides is 6. The van der Waals surface area contributed by atoms with Gasteiger partial charge in [-0.1, -0.05) is 97.6 Å². The van der Waals surface area contributed by atoms with Crippen LogP contribution in [-0.2, 0) is 5.41 Å². The molecule has 0 aliphatic heterocycles. The van der Waals surface area contributed by atoms with Crippen LogP contribution < -0.4 is 9.47 Å². The van der Waals surface area contributed by atoms with Gasteiger partial charge in [0.15, 0.2) is 0 Å². The van der Waals surface area contributed by atoms with Crippen molar-refractivity contribution in [1.82, 2.24) is 0 Å². The molecule has 0 aromatic heterocycles. The van der Waals surface area contributed by atoms with E-state index in [-0.39, 0.29) is 33.8 Å². The van der Waals surface area contributed by atoms with E-state index < -0.39 is 28.9 Å². The first-order valence-electron chi connectivity index (χ1n) is 14.6. The van der Waals surface area contributed by atoms with Crippen molar-refractivity contribution in [2.75, 3.05) is 14.2 Å². The van der Waals surface area contributed by atoms with Gasteiger partial charge in [0.25, 0.3) is 0 Å². The van der Waals surface area contributed by atoms with Crippen LogP contribution in [0, 0.1) is 0 Å². The second-order valence-corrected chi connectivity index (χ2v) is 10.7. The lowest BCUT2D eigenvalue weighted by molar-refractivity contribution is -0.288. The summed E-state index contributed by atoms with van der Waals surface area (Å²) in [4.78, 5) is 4.35.